The van der Waals surface area contributed by atoms with Crippen molar-refractivity contribution in [1.29, 1.82) is 0 Å². The molecule has 0 saturated carbocycles. The van der Waals surface area contributed by atoms with Crippen LogP contribution in [0.3, 0.4) is 0 Å². The number of unbranched alkanes of at least 4 members (excludes halogenated alkanes) is 3. The van der Waals surface area contributed by atoms with Crippen LogP contribution in [0.1, 0.15) is 88.6 Å². The van der Waals surface area contributed by atoms with Crippen LogP contribution in [0.5, 0.6) is 0 Å². The molecule has 1 heterocycles. The fourth-order valence-electron chi connectivity index (χ4n) is 4.05. The number of anilines is 2. The summed E-state index contributed by atoms with van der Waals surface area (Å²) in [7, 11) is 0. The van der Waals surface area contributed by atoms with Gasteiger partial charge >= 0.3 is 11.7 Å². The summed E-state index contributed by atoms with van der Waals surface area (Å²) in [5.74, 6) is -1.60. The molecule has 0 aliphatic heterocycles. The second kappa shape index (κ2) is 14.9. The van der Waals surface area contributed by atoms with Crippen molar-refractivity contribution >= 4 is 29.2 Å². The highest BCUT2D eigenvalue weighted by molar-refractivity contribution is 6.00. The monoisotopic (exact) mass is 528 g/mol. The fourth-order valence-corrected chi connectivity index (χ4v) is 4.05. The number of hydrogen-bond acceptors (Lipinski definition) is 7. The van der Waals surface area contributed by atoms with Gasteiger partial charge in [0.2, 0.25) is 11.7 Å². The predicted molar refractivity (Wildman–Crippen MR) is 147 cm³/mol. The molecule has 0 bridgehead atoms. The third-order valence-electron chi connectivity index (χ3n) is 6.37. The summed E-state index contributed by atoms with van der Waals surface area (Å²) in [5, 5.41) is 0. The number of carbonyl (C=O) groups excluding carboxylic acids is 3. The Morgan fingerprint density at radius 2 is 1.66 bits per heavy atom. The van der Waals surface area contributed by atoms with Crippen molar-refractivity contribution in [2.45, 2.75) is 91.7 Å². The quantitative estimate of drug-likeness (QED) is 0.204. The average molecular weight is 529 g/mol. The molecular weight excluding hydrogens is 488 g/mol. The molecule has 10 nitrogen and oxygen atoms in total. The van der Waals surface area contributed by atoms with Crippen molar-refractivity contribution in [1.82, 2.24) is 9.55 Å². The normalized spacial score (nSPS) is 11.7. The van der Waals surface area contributed by atoms with Crippen molar-refractivity contribution in [2.24, 2.45) is 0 Å². The van der Waals surface area contributed by atoms with E-state index < -0.39 is 29.2 Å². The maximum absolute atomic E-state index is 13.2. The lowest BCUT2D eigenvalue weighted by molar-refractivity contribution is -0.147. The fraction of sp³-hybridized carbons (Fsp3) is 0.536. The van der Waals surface area contributed by atoms with E-state index in [0.717, 1.165) is 31.2 Å². The van der Waals surface area contributed by atoms with Crippen LogP contribution in [-0.4, -0.2) is 39.9 Å². The maximum Gasteiger partial charge on any atom is 0.330 e. The molecule has 1 atom stereocenters. The van der Waals surface area contributed by atoms with Gasteiger partial charge in [0.15, 0.2) is 11.8 Å². The number of hydrogen-bond donors (Lipinski definition) is 2. The molecule has 1 amide bonds. The number of benzene rings is 1. The Hall–Kier alpha value is -3.69. The zero-order valence-electron chi connectivity index (χ0n) is 22.9. The summed E-state index contributed by atoms with van der Waals surface area (Å²) in [6.07, 6.45) is 3.12. The lowest BCUT2D eigenvalue weighted by Gasteiger charge is -2.24. The number of aromatic amines is 1. The molecule has 0 radical (unpaired) electrons. The average Bonchev–Trinajstić information content (AvgIpc) is 2.90. The van der Waals surface area contributed by atoms with Gasteiger partial charge < -0.3 is 15.4 Å². The van der Waals surface area contributed by atoms with Gasteiger partial charge in [0.25, 0.3) is 5.56 Å². The molecule has 1 aromatic heterocycles. The molecule has 0 unspecified atom stereocenters. The Labute approximate surface area is 223 Å². The number of nitrogens with one attached hydrogen (secondary N) is 1. The second-order valence-electron chi connectivity index (χ2n) is 9.30. The van der Waals surface area contributed by atoms with Crippen LogP contribution in [0.4, 0.5) is 11.5 Å². The molecule has 0 aliphatic rings. The SMILES string of the molecule is CCCCCN(C(=O)CCC(=O)O[C@H](C)C(=O)c1ccc(CC)cc1)c1c(N)n(CCCC)c(=O)[nH]c1=O. The van der Waals surface area contributed by atoms with Gasteiger partial charge in [-0.2, -0.15) is 0 Å². The van der Waals surface area contributed by atoms with Crippen LogP contribution in [0.15, 0.2) is 33.9 Å². The van der Waals surface area contributed by atoms with Crippen molar-refractivity contribution in [3.8, 4) is 0 Å². The van der Waals surface area contributed by atoms with Crippen LogP contribution in [-0.2, 0) is 27.3 Å². The highest BCUT2D eigenvalue weighted by Gasteiger charge is 2.25. The summed E-state index contributed by atoms with van der Waals surface area (Å²) in [6.45, 7) is 8.00. The van der Waals surface area contributed by atoms with Gasteiger partial charge in [0, 0.05) is 25.1 Å². The minimum Gasteiger partial charge on any atom is -0.454 e. The summed E-state index contributed by atoms with van der Waals surface area (Å²) in [6, 6.07) is 7.11. The van der Waals surface area contributed by atoms with Gasteiger partial charge in [-0.15, -0.1) is 0 Å². The number of H-pyrrole nitrogens is 1. The summed E-state index contributed by atoms with van der Waals surface area (Å²) in [5.41, 5.74) is 6.28. The van der Waals surface area contributed by atoms with Crippen molar-refractivity contribution < 1.29 is 19.1 Å². The largest absolute Gasteiger partial charge is 0.454 e. The number of nitrogens with zero attached hydrogens (tertiary/aromatic N) is 2. The number of rotatable bonds is 15. The number of nitrogens with two attached hydrogens (primary N) is 1. The van der Waals surface area contributed by atoms with Gasteiger partial charge in [0.05, 0.1) is 6.42 Å². The molecule has 3 N–H and O–H groups in total. The maximum atomic E-state index is 13.2. The number of carbonyl (C=O) groups is 3. The Kier molecular flexibility index (Phi) is 12.0. The molecule has 0 saturated heterocycles. The smallest absolute Gasteiger partial charge is 0.330 e. The van der Waals surface area contributed by atoms with E-state index in [4.69, 9.17) is 10.5 Å². The Bertz CT molecular complexity index is 1220. The first-order valence-corrected chi connectivity index (χ1v) is 13.4. The van der Waals surface area contributed by atoms with Crippen LogP contribution >= 0.6 is 0 Å². The molecule has 0 aliphatic carbocycles. The zero-order valence-corrected chi connectivity index (χ0v) is 22.9. The molecule has 2 aromatic rings. The number of amides is 1. The number of esters is 1. The molecule has 1 aromatic carbocycles. The van der Waals surface area contributed by atoms with Crippen molar-refractivity contribution in [3.05, 3.63) is 56.2 Å². The first-order valence-electron chi connectivity index (χ1n) is 13.4. The summed E-state index contributed by atoms with van der Waals surface area (Å²) in [4.78, 5) is 66.9. The van der Waals surface area contributed by atoms with Crippen LogP contribution in [0, 0.1) is 0 Å². The number of ether oxygens (including phenoxy) is 1. The third kappa shape index (κ3) is 8.16. The molecule has 38 heavy (non-hydrogen) atoms. The predicted octanol–water partition coefficient (Wildman–Crippen LogP) is 3.60. The number of Topliss-reactive ketones (excluding diaryl/α,β-unsaturated/α-hetero) is 1. The highest BCUT2D eigenvalue weighted by atomic mass is 16.5. The Balaban J connectivity index is 2.14. The van der Waals surface area contributed by atoms with E-state index in [1.807, 2.05) is 32.9 Å². The summed E-state index contributed by atoms with van der Waals surface area (Å²) < 4.78 is 6.55. The van der Waals surface area contributed by atoms with Gasteiger partial charge in [-0.3, -0.25) is 28.7 Å². The molecule has 208 valence electrons. The van der Waals surface area contributed by atoms with Gasteiger partial charge in [-0.05, 0) is 31.7 Å². The number of ketones is 1. The lowest BCUT2D eigenvalue weighted by Crippen LogP contribution is -2.41. The van der Waals surface area contributed by atoms with Gasteiger partial charge in [-0.1, -0.05) is 64.3 Å². The van der Waals surface area contributed by atoms with Crippen molar-refractivity contribution in [3.63, 3.8) is 0 Å². The van der Waals surface area contributed by atoms with Crippen LogP contribution < -0.4 is 21.9 Å². The minimum absolute atomic E-state index is 0.0760. The topological polar surface area (TPSA) is 145 Å². The lowest BCUT2D eigenvalue weighted by atomic mass is 10.0. The van der Waals surface area contributed by atoms with E-state index in [1.54, 1.807) is 12.1 Å². The van der Waals surface area contributed by atoms with Crippen molar-refractivity contribution in [2.75, 3.05) is 17.2 Å². The molecule has 2 rings (SSSR count). The van der Waals surface area contributed by atoms with E-state index in [-0.39, 0.29) is 36.7 Å². The Morgan fingerprint density at radius 1 is 1.00 bits per heavy atom. The molecular formula is C28H40N4O6. The van der Waals surface area contributed by atoms with Crippen LogP contribution in [0.25, 0.3) is 0 Å². The van der Waals surface area contributed by atoms with E-state index >= 15 is 0 Å². The minimum atomic E-state index is -1.01. The second-order valence-corrected chi connectivity index (χ2v) is 9.30. The van der Waals surface area contributed by atoms with E-state index in [2.05, 4.69) is 4.98 Å². The highest BCUT2D eigenvalue weighted by Crippen LogP contribution is 2.20. The van der Waals surface area contributed by atoms with E-state index in [1.165, 1.54) is 16.4 Å². The number of aryl methyl sites for hydroxylation is 1. The van der Waals surface area contributed by atoms with Gasteiger partial charge in [0.1, 0.15) is 5.82 Å². The van der Waals surface area contributed by atoms with E-state index in [0.29, 0.717) is 24.9 Å². The van der Waals surface area contributed by atoms with E-state index in [9.17, 15) is 24.0 Å². The van der Waals surface area contributed by atoms with Crippen LogP contribution in [0.2, 0.25) is 0 Å². The zero-order chi connectivity index (χ0) is 28.2. The standard InChI is InChI=1S/C28H40N4O6/c1-5-8-10-18-31(24-26(29)32(17-9-6-2)28(37)30-27(24)36)22(33)15-16-23(34)38-19(4)25(35)21-13-11-20(7-3)12-14-21/h11-14,19H,5-10,15-18,29H2,1-4H3,(H,30,36,37)/t19-/m1/s1. The molecule has 0 spiro atoms. The van der Waals surface area contributed by atoms with Gasteiger partial charge in [-0.25, -0.2) is 4.79 Å². The molecule has 10 heteroatoms. The number of nitrogen functional groups attached to an aromatic ring is 1. The number of aromatic nitrogens is 2. The summed E-state index contributed by atoms with van der Waals surface area (Å²) >= 11 is 0. The first-order chi connectivity index (χ1) is 18.1. The Morgan fingerprint density at radius 3 is 2.26 bits per heavy atom. The molecule has 0 fully saturated rings. The third-order valence-corrected chi connectivity index (χ3v) is 6.37. The first kappa shape index (κ1) is 30.5.